The Bertz CT molecular complexity index is 730. The molecule has 5 nitrogen and oxygen atoms in total. The van der Waals surface area contributed by atoms with Gasteiger partial charge in [-0.2, -0.15) is 0 Å². The van der Waals surface area contributed by atoms with Gasteiger partial charge in [-0.3, -0.25) is 4.79 Å². The van der Waals surface area contributed by atoms with E-state index in [1.54, 1.807) is 24.3 Å². The van der Waals surface area contributed by atoms with Crippen molar-refractivity contribution in [3.63, 3.8) is 0 Å². The van der Waals surface area contributed by atoms with Crippen molar-refractivity contribution < 1.29 is 23.8 Å². The van der Waals surface area contributed by atoms with Crippen LogP contribution >= 0.6 is 0 Å². The minimum Gasteiger partial charge on any atom is -0.550 e. The molecule has 1 unspecified atom stereocenters. The molecule has 0 saturated carbocycles. The number of aliphatic carboxylic acids is 1. The fourth-order valence-electron chi connectivity index (χ4n) is 2.32. The molecule has 0 aliphatic rings. The molecule has 0 aliphatic heterocycles. The molecule has 25 heavy (non-hydrogen) atoms. The third kappa shape index (κ3) is 5.31. The molecule has 0 spiro atoms. The van der Waals surface area contributed by atoms with Crippen molar-refractivity contribution in [1.29, 1.82) is 0 Å². The number of rotatable bonds is 8. The summed E-state index contributed by atoms with van der Waals surface area (Å²) in [6, 6.07) is 11.4. The lowest BCUT2D eigenvalue weighted by Gasteiger charge is -2.20. The molecule has 0 aliphatic carbocycles. The van der Waals surface area contributed by atoms with Crippen molar-refractivity contribution in [1.82, 2.24) is 5.32 Å². The quantitative estimate of drug-likeness (QED) is 0.796. The summed E-state index contributed by atoms with van der Waals surface area (Å²) in [4.78, 5) is 23.3. The van der Waals surface area contributed by atoms with Gasteiger partial charge in [0.25, 0.3) is 5.91 Å². The highest BCUT2D eigenvalue weighted by Crippen LogP contribution is 2.21. The van der Waals surface area contributed by atoms with Crippen LogP contribution < -0.4 is 15.2 Å². The van der Waals surface area contributed by atoms with E-state index in [2.05, 4.69) is 5.32 Å². The Labute approximate surface area is 145 Å². The molecule has 0 fully saturated rings. The summed E-state index contributed by atoms with van der Waals surface area (Å²) < 4.78 is 19.2. The second-order valence-corrected chi connectivity index (χ2v) is 5.50. The van der Waals surface area contributed by atoms with E-state index in [0.717, 1.165) is 6.42 Å². The predicted molar refractivity (Wildman–Crippen MR) is 88.5 cm³/mol. The maximum absolute atomic E-state index is 13.7. The van der Waals surface area contributed by atoms with Gasteiger partial charge < -0.3 is 20.0 Å². The molecule has 2 aromatic carbocycles. The Kier molecular flexibility index (Phi) is 6.51. The molecule has 1 N–H and O–H groups in total. The molecule has 0 aromatic heterocycles. The van der Waals surface area contributed by atoms with Crippen LogP contribution in [0.3, 0.4) is 0 Å². The minimum atomic E-state index is -1.31. The highest BCUT2D eigenvalue weighted by atomic mass is 19.1. The number of hydrogen-bond donors (Lipinski definition) is 1. The zero-order valence-corrected chi connectivity index (χ0v) is 13.8. The van der Waals surface area contributed by atoms with Gasteiger partial charge in [0.1, 0.15) is 11.6 Å². The van der Waals surface area contributed by atoms with Gasteiger partial charge in [-0.25, -0.2) is 4.39 Å². The maximum atomic E-state index is 13.7. The standard InChI is InChI=1S/C19H20FNO4/c1-2-11-25-14-9-7-13(8-10-14)17(12-18(22)23)21-19(24)15-5-3-4-6-16(15)20/h3-10,17H,2,11-12H2,1H3,(H,21,24)(H,22,23)/p-1. The Balaban J connectivity index is 2.17. The monoisotopic (exact) mass is 344 g/mol. The first kappa shape index (κ1) is 18.4. The van der Waals surface area contributed by atoms with Crippen LogP contribution in [-0.2, 0) is 4.79 Å². The van der Waals surface area contributed by atoms with Gasteiger partial charge in [0.2, 0.25) is 0 Å². The van der Waals surface area contributed by atoms with E-state index >= 15 is 0 Å². The summed E-state index contributed by atoms with van der Waals surface area (Å²) >= 11 is 0. The number of carboxylic acids is 1. The summed E-state index contributed by atoms with van der Waals surface area (Å²) in [5.74, 6) is -2.02. The molecule has 2 aromatic rings. The molecule has 6 heteroatoms. The van der Waals surface area contributed by atoms with Crippen molar-refractivity contribution in [3.05, 3.63) is 65.5 Å². The Hall–Kier alpha value is -2.89. The molecular weight excluding hydrogens is 325 g/mol. The van der Waals surface area contributed by atoms with Crippen molar-refractivity contribution in [2.75, 3.05) is 6.61 Å². The third-order valence-electron chi connectivity index (χ3n) is 3.55. The summed E-state index contributed by atoms with van der Waals surface area (Å²) in [6.07, 6.45) is 0.448. The van der Waals surface area contributed by atoms with E-state index < -0.39 is 30.2 Å². The van der Waals surface area contributed by atoms with Gasteiger partial charge in [0.15, 0.2) is 0 Å². The second kappa shape index (κ2) is 8.82. The fraction of sp³-hybridized carbons (Fsp3) is 0.263. The summed E-state index contributed by atoms with van der Waals surface area (Å²) in [5.41, 5.74) is 0.423. The van der Waals surface area contributed by atoms with E-state index in [-0.39, 0.29) is 5.56 Å². The molecule has 0 radical (unpaired) electrons. The van der Waals surface area contributed by atoms with Crippen LogP contribution in [0.2, 0.25) is 0 Å². The van der Waals surface area contributed by atoms with Gasteiger partial charge in [-0.05, 0) is 36.2 Å². The Morgan fingerprint density at radius 1 is 1.16 bits per heavy atom. The average molecular weight is 344 g/mol. The number of carbonyl (C=O) groups excluding carboxylic acids is 2. The Morgan fingerprint density at radius 3 is 2.44 bits per heavy atom. The number of ether oxygens (including phenoxy) is 1. The fourth-order valence-corrected chi connectivity index (χ4v) is 2.32. The average Bonchev–Trinajstić information content (AvgIpc) is 2.59. The van der Waals surface area contributed by atoms with Crippen LogP contribution in [0.15, 0.2) is 48.5 Å². The second-order valence-electron chi connectivity index (χ2n) is 5.50. The predicted octanol–water partition coefficient (Wildman–Crippen LogP) is 2.23. The van der Waals surface area contributed by atoms with Crippen LogP contribution in [-0.4, -0.2) is 18.5 Å². The van der Waals surface area contributed by atoms with Crippen LogP contribution in [0.5, 0.6) is 5.75 Å². The van der Waals surface area contributed by atoms with E-state index in [0.29, 0.717) is 17.9 Å². The van der Waals surface area contributed by atoms with Crippen LogP contribution in [0.25, 0.3) is 0 Å². The molecule has 1 atom stereocenters. The first-order chi connectivity index (χ1) is 12.0. The van der Waals surface area contributed by atoms with Crippen LogP contribution in [0, 0.1) is 5.82 Å². The maximum Gasteiger partial charge on any atom is 0.254 e. The SMILES string of the molecule is CCCOc1ccc(C(CC(=O)[O-])NC(=O)c2ccccc2F)cc1. The van der Waals surface area contributed by atoms with Gasteiger partial charge in [-0.15, -0.1) is 0 Å². The summed E-state index contributed by atoms with van der Waals surface area (Å²) in [5, 5.41) is 13.6. The van der Waals surface area contributed by atoms with E-state index in [9.17, 15) is 19.1 Å². The number of nitrogens with one attached hydrogen (secondary N) is 1. The van der Waals surface area contributed by atoms with Crippen molar-refractivity contribution in [3.8, 4) is 5.75 Å². The van der Waals surface area contributed by atoms with Crippen molar-refractivity contribution >= 4 is 11.9 Å². The normalized spacial score (nSPS) is 11.6. The molecule has 132 valence electrons. The minimum absolute atomic E-state index is 0.145. The number of carboxylic acid groups (broad SMARTS) is 1. The lowest BCUT2D eigenvalue weighted by molar-refractivity contribution is -0.306. The number of halogens is 1. The van der Waals surface area contributed by atoms with Gasteiger partial charge in [0, 0.05) is 12.4 Å². The number of carbonyl (C=O) groups is 2. The first-order valence-electron chi connectivity index (χ1n) is 7.99. The molecular formula is C19H19FNO4-. The third-order valence-corrected chi connectivity index (χ3v) is 3.55. The van der Waals surface area contributed by atoms with E-state index in [1.807, 2.05) is 6.92 Å². The Morgan fingerprint density at radius 2 is 1.84 bits per heavy atom. The van der Waals surface area contributed by atoms with Gasteiger partial charge in [0.05, 0.1) is 18.2 Å². The lowest BCUT2D eigenvalue weighted by Crippen LogP contribution is -2.34. The van der Waals surface area contributed by atoms with Crippen molar-refractivity contribution in [2.45, 2.75) is 25.8 Å². The summed E-state index contributed by atoms with van der Waals surface area (Å²) in [7, 11) is 0. The first-order valence-corrected chi connectivity index (χ1v) is 7.99. The number of benzene rings is 2. The molecule has 0 saturated heterocycles. The zero-order valence-electron chi connectivity index (χ0n) is 13.8. The highest BCUT2D eigenvalue weighted by Gasteiger charge is 2.18. The largest absolute Gasteiger partial charge is 0.550 e. The molecule has 1 amide bonds. The lowest BCUT2D eigenvalue weighted by atomic mass is 10.0. The van der Waals surface area contributed by atoms with Crippen LogP contribution in [0.1, 0.15) is 41.7 Å². The van der Waals surface area contributed by atoms with Gasteiger partial charge in [-0.1, -0.05) is 31.2 Å². The number of hydrogen-bond acceptors (Lipinski definition) is 4. The summed E-state index contributed by atoms with van der Waals surface area (Å²) in [6.45, 7) is 2.56. The zero-order chi connectivity index (χ0) is 18.2. The number of amides is 1. The molecule has 0 heterocycles. The van der Waals surface area contributed by atoms with Crippen LogP contribution in [0.4, 0.5) is 4.39 Å². The van der Waals surface area contributed by atoms with E-state index in [4.69, 9.17) is 4.74 Å². The van der Waals surface area contributed by atoms with E-state index in [1.165, 1.54) is 24.3 Å². The smallest absolute Gasteiger partial charge is 0.254 e. The topological polar surface area (TPSA) is 78.5 Å². The molecule has 2 rings (SSSR count). The van der Waals surface area contributed by atoms with Crippen molar-refractivity contribution in [2.24, 2.45) is 0 Å². The highest BCUT2D eigenvalue weighted by molar-refractivity contribution is 5.94. The van der Waals surface area contributed by atoms with Gasteiger partial charge >= 0.3 is 0 Å². The molecule has 0 bridgehead atoms.